The summed E-state index contributed by atoms with van der Waals surface area (Å²) in [4.78, 5) is 4.21. The number of aryl methyl sites for hydroxylation is 1. The third-order valence-corrected chi connectivity index (χ3v) is 3.83. The first-order chi connectivity index (χ1) is 12.7. The predicted octanol–water partition coefficient (Wildman–Crippen LogP) is 2.00. The Morgan fingerprint density at radius 3 is 2.69 bits per heavy atom. The molecule has 2 rings (SSSR count). The number of benzene rings is 1. The molecule has 0 aliphatic carbocycles. The fourth-order valence-corrected chi connectivity index (χ4v) is 2.41. The van der Waals surface area contributed by atoms with Crippen LogP contribution in [-0.4, -0.2) is 47.5 Å². The summed E-state index contributed by atoms with van der Waals surface area (Å²) in [5, 5.41) is 14.5. The third-order valence-electron chi connectivity index (χ3n) is 3.83. The number of unbranched alkanes of at least 4 members (excludes halogenated alkanes) is 1. The fraction of sp³-hybridized carbons (Fsp3) is 0.500. The van der Waals surface area contributed by atoms with E-state index in [9.17, 15) is 4.39 Å². The summed E-state index contributed by atoms with van der Waals surface area (Å²) in [5.74, 6) is 2.19. The Kier molecular flexibility index (Phi) is 8.38. The zero-order chi connectivity index (χ0) is 18.6. The molecule has 0 bridgehead atoms. The van der Waals surface area contributed by atoms with E-state index < -0.39 is 0 Å². The molecule has 0 fully saturated rings. The molecule has 0 aliphatic heterocycles. The molecule has 0 unspecified atom stereocenters. The zero-order valence-corrected chi connectivity index (χ0v) is 15.4. The highest BCUT2D eigenvalue weighted by molar-refractivity contribution is 5.79. The van der Waals surface area contributed by atoms with E-state index >= 15 is 0 Å². The molecular weight excluding hydrogens is 335 g/mol. The van der Waals surface area contributed by atoms with Gasteiger partial charge in [-0.25, -0.2) is 4.39 Å². The Labute approximate surface area is 153 Å². The van der Waals surface area contributed by atoms with Crippen LogP contribution in [0.3, 0.4) is 0 Å². The molecule has 0 amide bonds. The maximum Gasteiger partial charge on any atom is 0.191 e. The summed E-state index contributed by atoms with van der Waals surface area (Å²) in [6.45, 7) is 5.01. The smallest absolute Gasteiger partial charge is 0.191 e. The van der Waals surface area contributed by atoms with Crippen LogP contribution in [0.15, 0.2) is 35.6 Å². The van der Waals surface area contributed by atoms with Gasteiger partial charge >= 0.3 is 0 Å². The lowest BCUT2D eigenvalue weighted by molar-refractivity contribution is 0.306. The third kappa shape index (κ3) is 6.70. The van der Waals surface area contributed by atoms with Crippen molar-refractivity contribution >= 4 is 5.96 Å². The molecule has 7 nitrogen and oxygen atoms in total. The number of nitrogens with zero attached hydrogens (tertiary/aromatic N) is 4. The van der Waals surface area contributed by atoms with Crippen LogP contribution in [0.5, 0.6) is 5.75 Å². The summed E-state index contributed by atoms with van der Waals surface area (Å²) in [7, 11) is 1.75. The van der Waals surface area contributed by atoms with Crippen molar-refractivity contribution in [1.29, 1.82) is 0 Å². The second kappa shape index (κ2) is 11.1. The van der Waals surface area contributed by atoms with Crippen molar-refractivity contribution in [2.45, 2.75) is 32.7 Å². The molecular formula is C18H27FN6O. The number of aliphatic imine (C=N–C) groups is 1. The van der Waals surface area contributed by atoms with Gasteiger partial charge in [-0.3, -0.25) is 4.99 Å². The van der Waals surface area contributed by atoms with Gasteiger partial charge in [-0.15, -0.1) is 10.2 Å². The van der Waals surface area contributed by atoms with Gasteiger partial charge in [0.2, 0.25) is 0 Å². The van der Waals surface area contributed by atoms with Crippen LogP contribution in [0.1, 0.15) is 25.6 Å². The van der Waals surface area contributed by atoms with Gasteiger partial charge in [0.25, 0.3) is 0 Å². The van der Waals surface area contributed by atoms with E-state index in [-0.39, 0.29) is 5.82 Å². The molecule has 2 aromatic rings. The van der Waals surface area contributed by atoms with Crippen LogP contribution in [0.2, 0.25) is 0 Å². The quantitative estimate of drug-likeness (QED) is 0.384. The second-order valence-corrected chi connectivity index (χ2v) is 5.73. The fourth-order valence-electron chi connectivity index (χ4n) is 2.41. The molecule has 0 radical (unpaired) electrons. The summed E-state index contributed by atoms with van der Waals surface area (Å²) < 4.78 is 20.4. The standard InChI is InChI=1S/C18H27FN6O/c1-3-17-24-23-14-25(17)12-11-22-18(20-2)21-10-4-5-13-26-16-8-6-15(19)7-9-16/h6-9,14H,3-5,10-13H2,1-2H3,(H2,20,21,22). The van der Waals surface area contributed by atoms with Crippen molar-refractivity contribution < 1.29 is 9.13 Å². The minimum absolute atomic E-state index is 0.254. The van der Waals surface area contributed by atoms with Crippen molar-refractivity contribution in [3.8, 4) is 5.75 Å². The van der Waals surface area contributed by atoms with Gasteiger partial charge in [0, 0.05) is 33.1 Å². The Hall–Kier alpha value is -2.64. The highest BCUT2D eigenvalue weighted by Gasteiger charge is 2.02. The number of hydrogen-bond acceptors (Lipinski definition) is 4. The molecule has 0 atom stereocenters. The van der Waals surface area contributed by atoms with Crippen LogP contribution in [0.25, 0.3) is 0 Å². The van der Waals surface area contributed by atoms with Gasteiger partial charge in [-0.2, -0.15) is 0 Å². The lowest BCUT2D eigenvalue weighted by Gasteiger charge is -2.12. The van der Waals surface area contributed by atoms with Crippen LogP contribution in [0, 0.1) is 5.82 Å². The Morgan fingerprint density at radius 2 is 1.96 bits per heavy atom. The van der Waals surface area contributed by atoms with E-state index in [0.717, 1.165) is 50.7 Å². The molecule has 0 saturated carbocycles. The molecule has 0 saturated heterocycles. The highest BCUT2D eigenvalue weighted by atomic mass is 19.1. The average Bonchev–Trinajstić information content (AvgIpc) is 3.12. The van der Waals surface area contributed by atoms with Gasteiger partial charge in [0.1, 0.15) is 23.7 Å². The van der Waals surface area contributed by atoms with Crippen molar-refractivity contribution in [3.05, 3.63) is 42.2 Å². The van der Waals surface area contributed by atoms with Crippen LogP contribution in [-0.2, 0) is 13.0 Å². The number of guanidine groups is 1. The maximum absolute atomic E-state index is 12.8. The van der Waals surface area contributed by atoms with Gasteiger partial charge in [-0.1, -0.05) is 6.92 Å². The van der Waals surface area contributed by atoms with Gasteiger partial charge in [0.15, 0.2) is 5.96 Å². The molecule has 1 aromatic heterocycles. The van der Waals surface area contributed by atoms with E-state index in [1.54, 1.807) is 25.5 Å². The molecule has 26 heavy (non-hydrogen) atoms. The largest absolute Gasteiger partial charge is 0.494 e. The van der Waals surface area contributed by atoms with Crippen molar-refractivity contribution in [1.82, 2.24) is 25.4 Å². The van der Waals surface area contributed by atoms with E-state index in [4.69, 9.17) is 4.74 Å². The molecule has 1 aromatic carbocycles. The number of nitrogens with one attached hydrogen (secondary N) is 2. The minimum atomic E-state index is -0.254. The predicted molar refractivity (Wildman–Crippen MR) is 99.9 cm³/mol. The number of rotatable bonds is 10. The summed E-state index contributed by atoms with van der Waals surface area (Å²) in [6, 6.07) is 6.07. The van der Waals surface area contributed by atoms with E-state index in [0.29, 0.717) is 12.4 Å². The van der Waals surface area contributed by atoms with Crippen LogP contribution in [0.4, 0.5) is 4.39 Å². The SMILES string of the molecule is CCc1nncn1CCNC(=NC)NCCCCOc1ccc(F)cc1. The first kappa shape index (κ1) is 19.7. The molecule has 8 heteroatoms. The first-order valence-corrected chi connectivity index (χ1v) is 8.92. The Balaban J connectivity index is 1.55. The minimum Gasteiger partial charge on any atom is -0.494 e. The number of halogens is 1. The average molecular weight is 362 g/mol. The monoisotopic (exact) mass is 362 g/mol. The van der Waals surface area contributed by atoms with Gasteiger partial charge in [-0.05, 0) is 37.1 Å². The summed E-state index contributed by atoms with van der Waals surface area (Å²) in [6.07, 6.45) is 4.47. The number of ether oxygens (including phenoxy) is 1. The summed E-state index contributed by atoms with van der Waals surface area (Å²) in [5.41, 5.74) is 0. The highest BCUT2D eigenvalue weighted by Crippen LogP contribution is 2.11. The van der Waals surface area contributed by atoms with E-state index in [1.807, 2.05) is 4.57 Å². The van der Waals surface area contributed by atoms with Crippen molar-refractivity contribution in [2.24, 2.45) is 4.99 Å². The van der Waals surface area contributed by atoms with E-state index in [2.05, 4.69) is 32.7 Å². The molecule has 142 valence electrons. The van der Waals surface area contributed by atoms with Crippen molar-refractivity contribution in [3.63, 3.8) is 0 Å². The van der Waals surface area contributed by atoms with Crippen molar-refractivity contribution in [2.75, 3.05) is 26.7 Å². The molecule has 0 spiro atoms. The van der Waals surface area contributed by atoms with E-state index in [1.165, 1.54) is 12.1 Å². The Morgan fingerprint density at radius 1 is 1.19 bits per heavy atom. The number of hydrogen-bond donors (Lipinski definition) is 2. The molecule has 2 N–H and O–H groups in total. The maximum atomic E-state index is 12.8. The second-order valence-electron chi connectivity index (χ2n) is 5.73. The molecule has 0 aliphatic rings. The number of aromatic nitrogens is 3. The first-order valence-electron chi connectivity index (χ1n) is 8.92. The molecule has 1 heterocycles. The van der Waals surface area contributed by atoms with Gasteiger partial charge in [0.05, 0.1) is 6.61 Å². The van der Waals surface area contributed by atoms with Crippen LogP contribution >= 0.6 is 0 Å². The lowest BCUT2D eigenvalue weighted by atomic mass is 10.3. The van der Waals surface area contributed by atoms with Crippen LogP contribution < -0.4 is 15.4 Å². The Bertz CT molecular complexity index is 671. The van der Waals surface area contributed by atoms with Gasteiger partial charge < -0.3 is 19.9 Å². The lowest BCUT2D eigenvalue weighted by Crippen LogP contribution is -2.39. The zero-order valence-electron chi connectivity index (χ0n) is 15.4. The topological polar surface area (TPSA) is 76.4 Å². The normalized spacial score (nSPS) is 11.4. The summed E-state index contributed by atoms with van der Waals surface area (Å²) >= 11 is 0.